The molecule has 0 saturated heterocycles. The molecule has 0 fully saturated rings. The number of para-hydroxylation sites is 1. The maximum Gasteiger partial charge on any atom is 0.359 e. The van der Waals surface area contributed by atoms with E-state index in [1.165, 1.54) is 0 Å². The molecule has 0 atom stereocenters. The maximum absolute atomic E-state index is 12.8. The molecule has 0 amide bonds. The normalized spacial score (nSPS) is 12.3. The Kier molecular flexibility index (Phi) is 4.47. The van der Waals surface area contributed by atoms with Crippen molar-refractivity contribution in [1.29, 1.82) is 0 Å². The fourth-order valence-electron chi connectivity index (χ4n) is 3.86. The lowest BCUT2D eigenvalue weighted by Crippen LogP contribution is -2.15. The van der Waals surface area contributed by atoms with Crippen LogP contribution < -0.4 is 9.47 Å². The van der Waals surface area contributed by atoms with Gasteiger partial charge in [-0.25, -0.2) is 4.79 Å². The number of ether oxygens (including phenoxy) is 3. The number of aromatic nitrogens is 3. The molecule has 3 heterocycles. The summed E-state index contributed by atoms with van der Waals surface area (Å²) in [6.07, 6.45) is 0. The van der Waals surface area contributed by atoms with Gasteiger partial charge in [-0.15, -0.1) is 0 Å². The van der Waals surface area contributed by atoms with Crippen LogP contribution >= 0.6 is 0 Å². The van der Waals surface area contributed by atoms with Crippen molar-refractivity contribution in [1.82, 2.24) is 14.8 Å². The van der Waals surface area contributed by atoms with Crippen LogP contribution in [0.15, 0.2) is 48.5 Å². The Hall–Kier alpha value is -4.07. The highest BCUT2D eigenvalue weighted by Crippen LogP contribution is 2.35. The summed E-state index contributed by atoms with van der Waals surface area (Å²) in [7, 11) is 0. The summed E-state index contributed by atoms with van der Waals surface area (Å²) in [4.78, 5) is 25.3. The van der Waals surface area contributed by atoms with E-state index in [0.29, 0.717) is 22.4 Å². The third-order valence-corrected chi connectivity index (χ3v) is 5.34. The van der Waals surface area contributed by atoms with Crippen LogP contribution in [0.1, 0.15) is 32.2 Å². The molecule has 1 aliphatic heterocycles. The molecule has 0 saturated carbocycles. The van der Waals surface area contributed by atoms with E-state index < -0.39 is 5.97 Å². The number of Topliss-reactive ketones (excluding diaryl/α,β-unsaturated/α-hetero) is 1. The molecule has 4 aromatic rings. The van der Waals surface area contributed by atoms with Gasteiger partial charge in [0.15, 0.2) is 23.8 Å². The minimum absolute atomic E-state index is 0.161. The largest absolute Gasteiger partial charge is 0.454 e. The molecule has 0 bridgehead atoms. The quantitative estimate of drug-likeness (QED) is 0.393. The Morgan fingerprint density at radius 2 is 1.90 bits per heavy atom. The molecule has 8 heteroatoms. The van der Waals surface area contributed by atoms with Crippen molar-refractivity contribution < 1.29 is 23.8 Å². The van der Waals surface area contributed by atoms with E-state index in [1.54, 1.807) is 12.1 Å². The van der Waals surface area contributed by atoms with Crippen molar-refractivity contribution in [3.63, 3.8) is 0 Å². The smallest absolute Gasteiger partial charge is 0.359 e. The molecule has 8 nitrogen and oxygen atoms in total. The van der Waals surface area contributed by atoms with Crippen LogP contribution in [0, 0.1) is 13.8 Å². The summed E-state index contributed by atoms with van der Waals surface area (Å²) < 4.78 is 18.0. The van der Waals surface area contributed by atoms with Crippen molar-refractivity contribution in [3.05, 3.63) is 71.2 Å². The van der Waals surface area contributed by atoms with Crippen molar-refractivity contribution >= 4 is 22.7 Å². The Balaban J connectivity index is 1.35. The van der Waals surface area contributed by atoms with Gasteiger partial charge in [-0.2, -0.15) is 5.10 Å². The second-order valence-electron chi connectivity index (χ2n) is 7.27. The number of carbonyl (C=O) groups excluding carboxylic acids is 2. The number of esters is 1. The first-order valence-electron chi connectivity index (χ1n) is 9.75. The van der Waals surface area contributed by atoms with E-state index in [-0.39, 0.29) is 24.9 Å². The molecule has 1 N–H and O–H groups in total. The van der Waals surface area contributed by atoms with Crippen LogP contribution in [0.2, 0.25) is 0 Å². The fourth-order valence-corrected chi connectivity index (χ4v) is 3.86. The summed E-state index contributed by atoms with van der Waals surface area (Å²) in [5.41, 5.74) is 3.88. The van der Waals surface area contributed by atoms with Gasteiger partial charge >= 0.3 is 5.97 Å². The molecule has 2 aromatic carbocycles. The first-order valence-corrected chi connectivity index (χ1v) is 9.75. The average Bonchev–Trinajstić information content (AvgIpc) is 3.48. The van der Waals surface area contributed by atoms with Gasteiger partial charge in [-0.05, 0) is 38.1 Å². The number of benzene rings is 2. The summed E-state index contributed by atoms with van der Waals surface area (Å²) >= 11 is 0. The Bertz CT molecular complexity index is 1330. The van der Waals surface area contributed by atoms with E-state index in [0.717, 1.165) is 22.6 Å². The summed E-state index contributed by atoms with van der Waals surface area (Å²) in [5.74, 6) is 0.432. The van der Waals surface area contributed by atoms with Crippen molar-refractivity contribution in [2.75, 3.05) is 13.4 Å². The monoisotopic (exact) mass is 417 g/mol. The van der Waals surface area contributed by atoms with Gasteiger partial charge in [0.25, 0.3) is 0 Å². The predicted molar refractivity (Wildman–Crippen MR) is 112 cm³/mol. The molecule has 156 valence electrons. The number of rotatable bonds is 5. The molecule has 31 heavy (non-hydrogen) atoms. The second kappa shape index (κ2) is 7.32. The van der Waals surface area contributed by atoms with Crippen LogP contribution in [0.4, 0.5) is 0 Å². The minimum Gasteiger partial charge on any atom is -0.454 e. The van der Waals surface area contributed by atoms with E-state index in [1.807, 2.05) is 54.8 Å². The number of nitrogens with zero attached hydrogens (tertiary/aromatic N) is 2. The highest BCUT2D eigenvalue weighted by molar-refractivity contribution is 6.04. The minimum atomic E-state index is -0.643. The fraction of sp³-hybridized carbons (Fsp3) is 0.174. The van der Waals surface area contributed by atoms with Gasteiger partial charge in [0.05, 0.1) is 5.52 Å². The van der Waals surface area contributed by atoms with Crippen LogP contribution in [-0.4, -0.2) is 39.9 Å². The van der Waals surface area contributed by atoms with Crippen molar-refractivity contribution in [2.45, 2.75) is 13.8 Å². The number of fused-ring (bicyclic) bond motifs is 2. The van der Waals surface area contributed by atoms with Gasteiger partial charge in [-0.3, -0.25) is 9.89 Å². The van der Waals surface area contributed by atoms with Gasteiger partial charge < -0.3 is 18.8 Å². The van der Waals surface area contributed by atoms with E-state index in [9.17, 15) is 9.59 Å². The number of carbonyl (C=O) groups is 2. The predicted octanol–water partition coefficient (Wildman–Crippen LogP) is 3.74. The SMILES string of the molecule is Cc1cc(C(=O)COC(=O)c2n[nH]c3ccccc23)c(C)n1-c1ccc2c(c1)OCO2. The molecule has 5 rings (SSSR count). The lowest BCUT2D eigenvalue weighted by molar-refractivity contribution is 0.0470. The number of H-pyrrole nitrogens is 1. The Morgan fingerprint density at radius 3 is 2.77 bits per heavy atom. The van der Waals surface area contributed by atoms with Gasteiger partial charge in [-0.1, -0.05) is 18.2 Å². The highest BCUT2D eigenvalue weighted by Gasteiger charge is 2.22. The lowest BCUT2D eigenvalue weighted by Gasteiger charge is -2.11. The molecule has 1 aliphatic rings. The number of nitrogens with one attached hydrogen (secondary N) is 1. The maximum atomic E-state index is 12.8. The molecule has 0 spiro atoms. The highest BCUT2D eigenvalue weighted by atomic mass is 16.7. The first kappa shape index (κ1) is 18.9. The zero-order chi connectivity index (χ0) is 21.5. The van der Waals surface area contributed by atoms with Gasteiger partial charge in [0.2, 0.25) is 12.6 Å². The molecule has 0 radical (unpaired) electrons. The summed E-state index contributed by atoms with van der Waals surface area (Å²) in [6.45, 7) is 3.60. The number of ketones is 1. The number of hydrogen-bond acceptors (Lipinski definition) is 6. The molecule has 2 aromatic heterocycles. The molecule has 0 unspecified atom stereocenters. The topological polar surface area (TPSA) is 95.4 Å². The zero-order valence-corrected chi connectivity index (χ0v) is 17.0. The Labute approximate surface area is 177 Å². The van der Waals surface area contributed by atoms with Crippen LogP contribution in [0.3, 0.4) is 0 Å². The summed E-state index contributed by atoms with van der Waals surface area (Å²) in [6, 6.07) is 14.7. The van der Waals surface area contributed by atoms with Gasteiger partial charge in [0.1, 0.15) is 0 Å². The van der Waals surface area contributed by atoms with Gasteiger partial charge in [0, 0.05) is 34.1 Å². The summed E-state index contributed by atoms with van der Waals surface area (Å²) in [5, 5.41) is 7.45. The molecular formula is C23H19N3O5. The first-order chi connectivity index (χ1) is 15.0. The number of aromatic amines is 1. The molecule has 0 aliphatic carbocycles. The van der Waals surface area contributed by atoms with Crippen LogP contribution in [-0.2, 0) is 4.74 Å². The standard InChI is InChI=1S/C23H19N3O5/c1-13-9-17(14(2)26(13)15-7-8-20-21(10-15)31-12-30-20)19(27)11-29-23(28)22-16-5-3-4-6-18(16)24-25-22/h3-10H,11-12H2,1-2H3,(H,24,25). The van der Waals surface area contributed by atoms with E-state index in [4.69, 9.17) is 14.2 Å². The number of aryl methyl sites for hydroxylation is 1. The third kappa shape index (κ3) is 3.22. The van der Waals surface area contributed by atoms with E-state index in [2.05, 4.69) is 10.2 Å². The Morgan fingerprint density at radius 1 is 1.10 bits per heavy atom. The average molecular weight is 417 g/mol. The van der Waals surface area contributed by atoms with E-state index >= 15 is 0 Å². The van der Waals surface area contributed by atoms with Crippen molar-refractivity contribution in [2.24, 2.45) is 0 Å². The lowest BCUT2D eigenvalue weighted by atomic mass is 10.1. The molecular weight excluding hydrogens is 398 g/mol. The second-order valence-corrected chi connectivity index (χ2v) is 7.27. The van der Waals surface area contributed by atoms with Crippen LogP contribution in [0.25, 0.3) is 16.6 Å². The number of hydrogen-bond donors (Lipinski definition) is 1. The van der Waals surface area contributed by atoms with Crippen molar-refractivity contribution in [3.8, 4) is 17.2 Å². The van der Waals surface area contributed by atoms with Crippen LogP contribution in [0.5, 0.6) is 11.5 Å². The third-order valence-electron chi connectivity index (χ3n) is 5.34. The zero-order valence-electron chi connectivity index (χ0n) is 17.0.